The van der Waals surface area contributed by atoms with E-state index in [1.165, 1.54) is 0 Å². The van der Waals surface area contributed by atoms with Gasteiger partial charge in [0.05, 0.1) is 5.92 Å². The summed E-state index contributed by atoms with van der Waals surface area (Å²) in [6.07, 6.45) is 0. The van der Waals surface area contributed by atoms with Crippen LogP contribution in [-0.4, -0.2) is 35.1 Å². The SMILES string of the molecule is CC(C)(C)CNC(=O)N1Cc2ccccc2C(C(=O)O)C1. The minimum atomic E-state index is -0.893. The van der Waals surface area contributed by atoms with Gasteiger partial charge in [0.2, 0.25) is 0 Å². The van der Waals surface area contributed by atoms with Gasteiger partial charge in [-0.2, -0.15) is 0 Å². The first-order valence-electron chi connectivity index (χ1n) is 7.11. The van der Waals surface area contributed by atoms with Crippen LogP contribution in [0.1, 0.15) is 37.8 Å². The minimum Gasteiger partial charge on any atom is -0.481 e. The molecule has 1 aliphatic rings. The van der Waals surface area contributed by atoms with Crippen LogP contribution in [0.25, 0.3) is 0 Å². The summed E-state index contributed by atoms with van der Waals surface area (Å²) in [4.78, 5) is 25.3. The number of fused-ring (bicyclic) bond motifs is 1. The van der Waals surface area contributed by atoms with Gasteiger partial charge in [-0.1, -0.05) is 45.0 Å². The fourth-order valence-corrected chi connectivity index (χ4v) is 2.43. The lowest BCUT2D eigenvalue weighted by molar-refractivity contribution is -0.139. The maximum Gasteiger partial charge on any atom is 0.317 e. The van der Waals surface area contributed by atoms with Crippen molar-refractivity contribution in [2.45, 2.75) is 33.2 Å². The van der Waals surface area contributed by atoms with Crippen molar-refractivity contribution in [3.8, 4) is 0 Å². The lowest BCUT2D eigenvalue weighted by Crippen LogP contribution is -2.47. The summed E-state index contributed by atoms with van der Waals surface area (Å²) >= 11 is 0. The molecule has 0 fully saturated rings. The van der Waals surface area contributed by atoms with E-state index in [-0.39, 0.29) is 18.0 Å². The van der Waals surface area contributed by atoms with Crippen LogP contribution in [0.15, 0.2) is 24.3 Å². The second kappa shape index (κ2) is 5.76. The molecule has 5 heteroatoms. The van der Waals surface area contributed by atoms with Crippen LogP contribution in [0.4, 0.5) is 4.79 Å². The molecule has 0 bridgehead atoms. The molecule has 1 heterocycles. The Balaban J connectivity index is 2.14. The van der Waals surface area contributed by atoms with E-state index in [2.05, 4.69) is 5.32 Å². The molecule has 0 saturated heterocycles. The lowest BCUT2D eigenvalue weighted by Gasteiger charge is -2.33. The van der Waals surface area contributed by atoms with Crippen molar-refractivity contribution in [2.24, 2.45) is 5.41 Å². The molecule has 5 nitrogen and oxygen atoms in total. The highest BCUT2D eigenvalue weighted by Gasteiger charge is 2.32. The predicted molar refractivity (Wildman–Crippen MR) is 80.1 cm³/mol. The molecule has 0 radical (unpaired) electrons. The van der Waals surface area contributed by atoms with Gasteiger partial charge in [0, 0.05) is 19.6 Å². The molecule has 1 aliphatic heterocycles. The van der Waals surface area contributed by atoms with Crippen molar-refractivity contribution in [1.29, 1.82) is 0 Å². The van der Waals surface area contributed by atoms with Crippen LogP contribution < -0.4 is 5.32 Å². The number of benzene rings is 1. The fraction of sp³-hybridized carbons (Fsp3) is 0.500. The number of hydrogen-bond acceptors (Lipinski definition) is 2. The zero-order valence-electron chi connectivity index (χ0n) is 12.7. The average Bonchev–Trinajstić information content (AvgIpc) is 2.42. The molecule has 0 saturated carbocycles. The molecule has 1 atom stereocenters. The number of carboxylic acids is 1. The first-order valence-corrected chi connectivity index (χ1v) is 7.11. The Bertz CT molecular complexity index is 549. The largest absolute Gasteiger partial charge is 0.481 e. The third-order valence-corrected chi connectivity index (χ3v) is 3.55. The van der Waals surface area contributed by atoms with Gasteiger partial charge in [-0.25, -0.2) is 4.79 Å². The summed E-state index contributed by atoms with van der Waals surface area (Å²) in [5, 5.41) is 12.3. The van der Waals surface area contributed by atoms with Crippen molar-refractivity contribution in [2.75, 3.05) is 13.1 Å². The number of hydrogen-bond donors (Lipinski definition) is 2. The summed E-state index contributed by atoms with van der Waals surface area (Å²) < 4.78 is 0. The van der Waals surface area contributed by atoms with Crippen molar-refractivity contribution >= 4 is 12.0 Å². The molecule has 0 aromatic heterocycles. The molecule has 2 amide bonds. The Morgan fingerprint density at radius 3 is 2.62 bits per heavy atom. The van der Waals surface area contributed by atoms with E-state index in [4.69, 9.17) is 0 Å². The number of carbonyl (C=O) groups is 2. The van der Waals surface area contributed by atoms with Crippen LogP contribution in [0, 0.1) is 5.41 Å². The van der Waals surface area contributed by atoms with Gasteiger partial charge < -0.3 is 15.3 Å². The fourth-order valence-electron chi connectivity index (χ4n) is 2.43. The van der Waals surface area contributed by atoms with E-state index < -0.39 is 11.9 Å². The Morgan fingerprint density at radius 2 is 2.00 bits per heavy atom. The Labute approximate surface area is 125 Å². The number of carbonyl (C=O) groups excluding carboxylic acids is 1. The van der Waals surface area contributed by atoms with E-state index in [1.54, 1.807) is 4.90 Å². The van der Waals surface area contributed by atoms with Gasteiger partial charge in [0.1, 0.15) is 0 Å². The monoisotopic (exact) mass is 290 g/mol. The number of amides is 2. The standard InChI is InChI=1S/C16H22N2O3/c1-16(2,3)10-17-15(21)18-8-11-6-4-5-7-12(11)13(9-18)14(19)20/h4-7,13H,8-10H2,1-3H3,(H,17,21)(H,19,20). The highest BCUT2D eigenvalue weighted by molar-refractivity contribution is 5.80. The van der Waals surface area contributed by atoms with Crippen molar-refractivity contribution in [3.63, 3.8) is 0 Å². The zero-order valence-corrected chi connectivity index (χ0v) is 12.7. The number of nitrogens with one attached hydrogen (secondary N) is 1. The van der Waals surface area contributed by atoms with E-state index >= 15 is 0 Å². The molecular formula is C16H22N2O3. The van der Waals surface area contributed by atoms with Gasteiger partial charge >= 0.3 is 12.0 Å². The molecule has 1 aromatic rings. The highest BCUT2D eigenvalue weighted by atomic mass is 16.4. The Kier molecular flexibility index (Phi) is 4.21. The topological polar surface area (TPSA) is 69.6 Å². The molecular weight excluding hydrogens is 268 g/mol. The second-order valence-corrected chi connectivity index (χ2v) is 6.69. The summed E-state index contributed by atoms with van der Waals surface area (Å²) in [5.74, 6) is -1.55. The highest BCUT2D eigenvalue weighted by Crippen LogP contribution is 2.28. The van der Waals surface area contributed by atoms with Crippen molar-refractivity contribution in [3.05, 3.63) is 35.4 Å². The lowest BCUT2D eigenvalue weighted by atomic mass is 9.90. The number of urea groups is 1. The quantitative estimate of drug-likeness (QED) is 0.879. The first kappa shape index (κ1) is 15.4. The van der Waals surface area contributed by atoms with Crippen LogP contribution in [0.2, 0.25) is 0 Å². The van der Waals surface area contributed by atoms with E-state index in [0.717, 1.165) is 11.1 Å². The average molecular weight is 290 g/mol. The molecule has 2 rings (SSSR count). The normalized spacial score (nSPS) is 18.0. The van der Waals surface area contributed by atoms with Gasteiger partial charge in [-0.05, 0) is 16.5 Å². The van der Waals surface area contributed by atoms with Crippen molar-refractivity contribution < 1.29 is 14.7 Å². The Hall–Kier alpha value is -2.04. The van der Waals surface area contributed by atoms with Crippen LogP contribution in [0.5, 0.6) is 0 Å². The number of rotatable bonds is 2. The summed E-state index contributed by atoms with van der Waals surface area (Å²) in [5.41, 5.74) is 1.71. The number of aliphatic carboxylic acids is 1. The van der Waals surface area contributed by atoms with Gasteiger partial charge in [-0.3, -0.25) is 4.79 Å². The predicted octanol–water partition coefficient (Wildman–Crippen LogP) is 2.43. The number of carboxylic acid groups (broad SMARTS) is 1. The third-order valence-electron chi connectivity index (χ3n) is 3.55. The molecule has 0 spiro atoms. The molecule has 1 unspecified atom stereocenters. The second-order valence-electron chi connectivity index (χ2n) is 6.69. The smallest absolute Gasteiger partial charge is 0.317 e. The minimum absolute atomic E-state index is 0.00441. The van der Waals surface area contributed by atoms with E-state index in [9.17, 15) is 14.7 Å². The first-order chi connectivity index (χ1) is 9.78. The van der Waals surface area contributed by atoms with Crippen LogP contribution >= 0.6 is 0 Å². The van der Waals surface area contributed by atoms with Crippen molar-refractivity contribution in [1.82, 2.24) is 10.2 Å². The molecule has 1 aromatic carbocycles. The Morgan fingerprint density at radius 1 is 1.33 bits per heavy atom. The van der Waals surface area contributed by atoms with E-state index in [0.29, 0.717) is 13.1 Å². The third kappa shape index (κ3) is 3.74. The van der Waals surface area contributed by atoms with Gasteiger partial charge in [0.25, 0.3) is 0 Å². The molecule has 114 valence electrons. The maximum atomic E-state index is 12.2. The van der Waals surface area contributed by atoms with Gasteiger partial charge in [-0.15, -0.1) is 0 Å². The molecule has 21 heavy (non-hydrogen) atoms. The molecule has 0 aliphatic carbocycles. The summed E-state index contributed by atoms with van der Waals surface area (Å²) in [7, 11) is 0. The maximum absolute atomic E-state index is 12.2. The summed E-state index contributed by atoms with van der Waals surface area (Å²) in [6.45, 7) is 7.34. The van der Waals surface area contributed by atoms with Crippen LogP contribution in [0.3, 0.4) is 0 Å². The van der Waals surface area contributed by atoms with E-state index in [1.807, 2.05) is 45.0 Å². The zero-order chi connectivity index (χ0) is 15.6. The van der Waals surface area contributed by atoms with Crippen LogP contribution in [-0.2, 0) is 11.3 Å². The number of nitrogens with zero attached hydrogens (tertiary/aromatic N) is 1. The van der Waals surface area contributed by atoms with Gasteiger partial charge in [0.15, 0.2) is 0 Å². The molecule has 2 N–H and O–H groups in total. The summed E-state index contributed by atoms with van der Waals surface area (Å²) in [6, 6.07) is 7.22.